The van der Waals surface area contributed by atoms with Gasteiger partial charge in [0.2, 0.25) is 0 Å². The normalized spacial score (nSPS) is 12.0. The summed E-state index contributed by atoms with van der Waals surface area (Å²) in [5, 5.41) is 0.648. The molecule has 0 radical (unpaired) electrons. The minimum absolute atomic E-state index is 0.150. The molecule has 0 spiro atoms. The third kappa shape index (κ3) is 4.13. The van der Waals surface area contributed by atoms with Crippen LogP contribution in [0.15, 0.2) is 40.9 Å². The molecule has 0 aromatic heterocycles. The summed E-state index contributed by atoms with van der Waals surface area (Å²) in [6.45, 7) is 2.29. The molecule has 0 aliphatic heterocycles. The van der Waals surface area contributed by atoms with Gasteiger partial charge in [-0.2, -0.15) is 0 Å². The lowest BCUT2D eigenvalue weighted by Crippen LogP contribution is -2.08. The maximum absolute atomic E-state index is 6.01. The fourth-order valence-corrected chi connectivity index (χ4v) is 2.61. The molecular formula is C16H17BrClNO2. The van der Waals surface area contributed by atoms with Crippen molar-refractivity contribution < 1.29 is 9.47 Å². The predicted molar refractivity (Wildman–Crippen MR) is 89.1 cm³/mol. The van der Waals surface area contributed by atoms with Gasteiger partial charge in [0.15, 0.2) is 0 Å². The van der Waals surface area contributed by atoms with Gasteiger partial charge in [0.1, 0.15) is 18.1 Å². The number of halogens is 2. The van der Waals surface area contributed by atoms with Gasteiger partial charge in [-0.3, -0.25) is 0 Å². The topological polar surface area (TPSA) is 44.5 Å². The van der Waals surface area contributed by atoms with E-state index < -0.39 is 0 Å². The van der Waals surface area contributed by atoms with Crippen LogP contribution in [0.25, 0.3) is 0 Å². The second-order valence-corrected chi connectivity index (χ2v) is 6.07. The summed E-state index contributed by atoms with van der Waals surface area (Å²) in [5.74, 6) is 1.52. The van der Waals surface area contributed by atoms with Crippen LogP contribution in [-0.2, 0) is 6.61 Å². The first kappa shape index (κ1) is 16.1. The number of hydrogen-bond acceptors (Lipinski definition) is 3. The van der Waals surface area contributed by atoms with Crippen LogP contribution >= 0.6 is 27.5 Å². The maximum atomic E-state index is 6.01. The number of rotatable bonds is 5. The number of ether oxygens (including phenoxy) is 2. The number of benzene rings is 2. The molecule has 2 aromatic carbocycles. The molecule has 3 nitrogen and oxygen atoms in total. The van der Waals surface area contributed by atoms with Crippen molar-refractivity contribution in [3.05, 3.63) is 57.0 Å². The lowest BCUT2D eigenvalue weighted by atomic mass is 10.1. The van der Waals surface area contributed by atoms with Crippen molar-refractivity contribution in [3.63, 3.8) is 0 Å². The summed E-state index contributed by atoms with van der Waals surface area (Å²) in [6, 6.07) is 11.1. The standard InChI is InChI=1S/C16H17BrClNO2/c1-10(19)14-8-13(18)4-6-16(14)21-9-11-7-12(17)3-5-15(11)20-2/h3-8,10H,9,19H2,1-2H3/t10-/m1/s1. The van der Waals surface area contributed by atoms with Gasteiger partial charge in [0.05, 0.1) is 7.11 Å². The van der Waals surface area contributed by atoms with Crippen LogP contribution < -0.4 is 15.2 Å². The average molecular weight is 371 g/mol. The van der Waals surface area contributed by atoms with Crippen LogP contribution in [0.3, 0.4) is 0 Å². The fourth-order valence-electron chi connectivity index (χ4n) is 2.02. The number of hydrogen-bond donors (Lipinski definition) is 1. The van der Waals surface area contributed by atoms with Gasteiger partial charge in [-0.25, -0.2) is 0 Å². The molecule has 0 aliphatic carbocycles. The predicted octanol–water partition coefficient (Wildman–Crippen LogP) is 4.71. The van der Waals surface area contributed by atoms with E-state index in [2.05, 4.69) is 15.9 Å². The van der Waals surface area contributed by atoms with Crippen molar-refractivity contribution in [3.8, 4) is 11.5 Å². The molecule has 2 N–H and O–H groups in total. The van der Waals surface area contributed by atoms with Crippen molar-refractivity contribution in [1.82, 2.24) is 0 Å². The van der Waals surface area contributed by atoms with Gasteiger partial charge in [-0.05, 0) is 43.3 Å². The van der Waals surface area contributed by atoms with Gasteiger partial charge in [-0.1, -0.05) is 27.5 Å². The minimum Gasteiger partial charge on any atom is -0.496 e. The van der Waals surface area contributed by atoms with Gasteiger partial charge in [-0.15, -0.1) is 0 Å². The molecule has 21 heavy (non-hydrogen) atoms. The highest BCUT2D eigenvalue weighted by molar-refractivity contribution is 9.10. The zero-order valence-electron chi connectivity index (χ0n) is 11.9. The zero-order chi connectivity index (χ0) is 15.4. The Labute approximate surface area is 138 Å². The summed E-state index contributed by atoms with van der Waals surface area (Å²) < 4.78 is 12.2. The van der Waals surface area contributed by atoms with E-state index in [1.54, 1.807) is 13.2 Å². The maximum Gasteiger partial charge on any atom is 0.125 e. The van der Waals surface area contributed by atoms with Gasteiger partial charge >= 0.3 is 0 Å². The molecule has 2 aromatic rings. The highest BCUT2D eigenvalue weighted by Gasteiger charge is 2.11. The first-order valence-electron chi connectivity index (χ1n) is 6.51. The minimum atomic E-state index is -0.150. The molecule has 2 rings (SSSR count). The van der Waals surface area contributed by atoms with Gasteiger partial charge < -0.3 is 15.2 Å². The Morgan fingerprint density at radius 3 is 2.57 bits per heavy atom. The van der Waals surface area contributed by atoms with Crippen molar-refractivity contribution in [2.45, 2.75) is 19.6 Å². The Balaban J connectivity index is 2.22. The largest absolute Gasteiger partial charge is 0.496 e. The van der Waals surface area contributed by atoms with E-state index in [-0.39, 0.29) is 6.04 Å². The van der Waals surface area contributed by atoms with E-state index in [1.807, 2.05) is 37.3 Å². The summed E-state index contributed by atoms with van der Waals surface area (Å²) in [7, 11) is 1.64. The van der Waals surface area contributed by atoms with Crippen molar-refractivity contribution in [2.24, 2.45) is 5.73 Å². The molecule has 0 unspecified atom stereocenters. The SMILES string of the molecule is COc1ccc(Br)cc1COc1ccc(Cl)cc1[C@@H](C)N. The number of nitrogens with two attached hydrogens (primary N) is 1. The zero-order valence-corrected chi connectivity index (χ0v) is 14.2. The van der Waals surface area contributed by atoms with Gasteiger partial charge in [0, 0.05) is 26.7 Å². The van der Waals surface area contributed by atoms with E-state index in [9.17, 15) is 0 Å². The van der Waals surface area contributed by atoms with Crippen LogP contribution in [0, 0.1) is 0 Å². The highest BCUT2D eigenvalue weighted by Crippen LogP contribution is 2.29. The summed E-state index contributed by atoms with van der Waals surface area (Å²) in [6.07, 6.45) is 0. The van der Waals surface area contributed by atoms with Crippen LogP contribution in [0.2, 0.25) is 5.02 Å². The molecule has 0 bridgehead atoms. The molecule has 112 valence electrons. The molecule has 0 saturated heterocycles. The molecule has 0 heterocycles. The molecule has 5 heteroatoms. The average Bonchev–Trinajstić information content (AvgIpc) is 2.46. The smallest absolute Gasteiger partial charge is 0.125 e. The van der Waals surface area contributed by atoms with Crippen LogP contribution in [0.4, 0.5) is 0 Å². The molecule has 1 atom stereocenters. The van der Waals surface area contributed by atoms with Crippen molar-refractivity contribution >= 4 is 27.5 Å². The molecular weight excluding hydrogens is 354 g/mol. The Morgan fingerprint density at radius 2 is 1.90 bits per heavy atom. The Hall–Kier alpha value is -1.23. The quantitative estimate of drug-likeness (QED) is 0.829. The third-order valence-corrected chi connectivity index (χ3v) is 3.82. The Bertz CT molecular complexity index is 632. The van der Waals surface area contributed by atoms with Crippen LogP contribution in [0.5, 0.6) is 11.5 Å². The van der Waals surface area contributed by atoms with Crippen molar-refractivity contribution in [2.75, 3.05) is 7.11 Å². The van der Waals surface area contributed by atoms with Gasteiger partial charge in [0.25, 0.3) is 0 Å². The Kier molecular flexibility index (Phi) is 5.51. The summed E-state index contributed by atoms with van der Waals surface area (Å²) in [5.41, 5.74) is 7.80. The second kappa shape index (κ2) is 7.16. The molecule has 0 saturated carbocycles. The summed E-state index contributed by atoms with van der Waals surface area (Å²) in [4.78, 5) is 0. The first-order valence-corrected chi connectivity index (χ1v) is 7.68. The van der Waals surface area contributed by atoms with Crippen molar-refractivity contribution in [1.29, 1.82) is 0 Å². The van der Waals surface area contributed by atoms with E-state index in [1.165, 1.54) is 0 Å². The Morgan fingerprint density at radius 1 is 1.19 bits per heavy atom. The van der Waals surface area contributed by atoms with E-state index in [4.69, 9.17) is 26.8 Å². The number of methoxy groups -OCH3 is 1. The molecule has 0 fully saturated rings. The second-order valence-electron chi connectivity index (χ2n) is 4.72. The van der Waals surface area contributed by atoms with Crippen LogP contribution in [-0.4, -0.2) is 7.11 Å². The lowest BCUT2D eigenvalue weighted by molar-refractivity contribution is 0.292. The summed E-state index contributed by atoms with van der Waals surface area (Å²) >= 11 is 9.46. The van der Waals surface area contributed by atoms with Crippen LogP contribution in [0.1, 0.15) is 24.1 Å². The monoisotopic (exact) mass is 369 g/mol. The van der Waals surface area contributed by atoms with E-state index >= 15 is 0 Å². The third-order valence-electron chi connectivity index (χ3n) is 3.09. The first-order chi connectivity index (χ1) is 10.0. The van der Waals surface area contributed by atoms with E-state index in [0.717, 1.165) is 27.1 Å². The van der Waals surface area contributed by atoms with E-state index in [0.29, 0.717) is 11.6 Å². The lowest BCUT2D eigenvalue weighted by Gasteiger charge is -2.16. The molecule has 0 amide bonds. The highest BCUT2D eigenvalue weighted by atomic mass is 79.9. The molecule has 0 aliphatic rings. The fraction of sp³-hybridized carbons (Fsp3) is 0.250.